The summed E-state index contributed by atoms with van der Waals surface area (Å²) in [6.07, 6.45) is 1.42. The number of amides is 1. The molecular weight excluding hydrogens is 376 g/mol. The van der Waals surface area contributed by atoms with Crippen molar-refractivity contribution in [3.8, 4) is 5.75 Å². The molecule has 0 aromatic heterocycles. The van der Waals surface area contributed by atoms with Gasteiger partial charge in [-0.15, -0.1) is 0 Å². The molecule has 0 aliphatic rings. The minimum atomic E-state index is -0.994. The fraction of sp³-hybridized carbons (Fsp3) is 0.118. The van der Waals surface area contributed by atoms with Gasteiger partial charge >= 0.3 is 5.97 Å². The minimum absolute atomic E-state index is 0.170. The van der Waals surface area contributed by atoms with Gasteiger partial charge in [0.25, 0.3) is 5.91 Å². The molecule has 2 N–H and O–H groups in total. The van der Waals surface area contributed by atoms with Gasteiger partial charge in [0, 0.05) is 0 Å². The quantitative estimate of drug-likeness (QED) is 0.586. The van der Waals surface area contributed by atoms with E-state index in [0.717, 1.165) is 10.0 Å². The van der Waals surface area contributed by atoms with Crippen molar-refractivity contribution in [3.05, 3.63) is 63.6 Å². The van der Waals surface area contributed by atoms with E-state index in [4.69, 9.17) is 9.84 Å². The first kappa shape index (κ1) is 17.7. The molecule has 2 aromatic rings. The van der Waals surface area contributed by atoms with Crippen LogP contribution in [0, 0.1) is 6.92 Å². The van der Waals surface area contributed by atoms with Crippen LogP contribution in [0.1, 0.15) is 21.5 Å². The highest BCUT2D eigenvalue weighted by atomic mass is 79.9. The van der Waals surface area contributed by atoms with E-state index in [1.165, 1.54) is 18.3 Å². The van der Waals surface area contributed by atoms with Crippen LogP contribution in [0.5, 0.6) is 5.75 Å². The summed E-state index contributed by atoms with van der Waals surface area (Å²) in [6.45, 7) is 1.79. The monoisotopic (exact) mass is 390 g/mol. The Bertz CT molecular complexity index is 773. The highest BCUT2D eigenvalue weighted by Gasteiger charge is 2.05. The minimum Gasteiger partial charge on any atom is -0.483 e. The van der Waals surface area contributed by atoms with Crippen LogP contribution in [0.4, 0.5) is 0 Å². The van der Waals surface area contributed by atoms with E-state index in [0.29, 0.717) is 11.3 Å². The number of hydrazone groups is 1. The fourth-order valence-electron chi connectivity index (χ4n) is 1.79. The number of halogens is 1. The molecule has 0 fully saturated rings. The number of nitrogens with zero attached hydrogens (tertiary/aromatic N) is 1. The SMILES string of the molecule is Cc1ccc(OCC(=O)N/N=C/c2ccc(C(=O)O)cc2)c(Br)c1. The molecule has 1 amide bonds. The second-order valence-corrected chi connectivity index (χ2v) is 5.80. The molecule has 124 valence electrons. The van der Waals surface area contributed by atoms with Gasteiger partial charge in [-0.25, -0.2) is 10.2 Å². The van der Waals surface area contributed by atoms with Crippen LogP contribution in [-0.4, -0.2) is 29.8 Å². The van der Waals surface area contributed by atoms with Crippen LogP contribution >= 0.6 is 15.9 Å². The zero-order valence-corrected chi connectivity index (χ0v) is 14.4. The second-order valence-electron chi connectivity index (χ2n) is 4.94. The maximum Gasteiger partial charge on any atom is 0.335 e. The molecule has 7 heteroatoms. The zero-order valence-electron chi connectivity index (χ0n) is 12.8. The van der Waals surface area contributed by atoms with Gasteiger partial charge in [-0.05, 0) is 58.2 Å². The molecule has 0 spiro atoms. The lowest BCUT2D eigenvalue weighted by molar-refractivity contribution is -0.123. The molecule has 0 heterocycles. The van der Waals surface area contributed by atoms with Crippen molar-refractivity contribution in [2.75, 3.05) is 6.61 Å². The average molecular weight is 391 g/mol. The van der Waals surface area contributed by atoms with Gasteiger partial charge < -0.3 is 9.84 Å². The predicted octanol–water partition coefficient (Wildman–Crippen LogP) is 2.98. The largest absolute Gasteiger partial charge is 0.483 e. The lowest BCUT2D eigenvalue weighted by Crippen LogP contribution is -2.24. The van der Waals surface area contributed by atoms with E-state index < -0.39 is 11.9 Å². The summed E-state index contributed by atoms with van der Waals surface area (Å²) >= 11 is 3.37. The first-order valence-electron chi connectivity index (χ1n) is 7.00. The summed E-state index contributed by atoms with van der Waals surface area (Å²) in [5.41, 5.74) is 4.28. The molecule has 0 saturated carbocycles. The standard InChI is InChI=1S/C17H15BrN2O4/c1-11-2-7-15(14(18)8-11)24-10-16(21)20-19-9-12-3-5-13(6-4-12)17(22)23/h2-9H,10H2,1H3,(H,20,21)(H,22,23)/b19-9+. The topological polar surface area (TPSA) is 88.0 Å². The number of carboxylic acids is 1. The van der Waals surface area contributed by atoms with Gasteiger partial charge in [0.15, 0.2) is 6.61 Å². The summed E-state index contributed by atoms with van der Waals surface area (Å²) in [7, 11) is 0. The zero-order chi connectivity index (χ0) is 17.5. The van der Waals surface area contributed by atoms with Gasteiger partial charge in [-0.2, -0.15) is 5.10 Å². The molecule has 24 heavy (non-hydrogen) atoms. The number of hydrogen-bond acceptors (Lipinski definition) is 4. The highest BCUT2D eigenvalue weighted by Crippen LogP contribution is 2.25. The average Bonchev–Trinajstić information content (AvgIpc) is 2.54. The summed E-state index contributed by atoms with van der Waals surface area (Å²) in [5.74, 6) is -0.823. The number of ether oxygens (including phenoxy) is 1. The highest BCUT2D eigenvalue weighted by molar-refractivity contribution is 9.10. The van der Waals surface area contributed by atoms with Crippen molar-refractivity contribution >= 4 is 34.0 Å². The Hall–Kier alpha value is -2.67. The normalized spacial score (nSPS) is 10.6. The van der Waals surface area contributed by atoms with Gasteiger partial charge in [0.1, 0.15) is 5.75 Å². The van der Waals surface area contributed by atoms with Crippen molar-refractivity contribution in [3.63, 3.8) is 0 Å². The lowest BCUT2D eigenvalue weighted by Gasteiger charge is -2.07. The first-order chi connectivity index (χ1) is 11.5. The number of carbonyl (C=O) groups excluding carboxylic acids is 1. The maximum atomic E-state index is 11.7. The number of aryl methyl sites for hydroxylation is 1. The van der Waals surface area contributed by atoms with Crippen molar-refractivity contribution in [2.24, 2.45) is 5.10 Å². The van der Waals surface area contributed by atoms with E-state index in [-0.39, 0.29) is 12.2 Å². The van der Waals surface area contributed by atoms with Gasteiger partial charge in [0.05, 0.1) is 16.3 Å². The molecule has 2 rings (SSSR count). The van der Waals surface area contributed by atoms with Crippen LogP contribution in [0.25, 0.3) is 0 Å². The number of aromatic carboxylic acids is 1. The van der Waals surface area contributed by atoms with E-state index in [2.05, 4.69) is 26.5 Å². The summed E-state index contributed by atoms with van der Waals surface area (Å²) in [4.78, 5) is 22.4. The van der Waals surface area contributed by atoms with E-state index >= 15 is 0 Å². The van der Waals surface area contributed by atoms with Crippen LogP contribution in [0.3, 0.4) is 0 Å². The summed E-state index contributed by atoms with van der Waals surface area (Å²) < 4.78 is 6.18. The smallest absolute Gasteiger partial charge is 0.335 e. The van der Waals surface area contributed by atoms with Crippen LogP contribution in [0.15, 0.2) is 52.0 Å². The number of rotatable bonds is 6. The molecule has 0 atom stereocenters. The lowest BCUT2D eigenvalue weighted by atomic mass is 10.1. The molecule has 0 bridgehead atoms. The third kappa shape index (κ3) is 5.20. The van der Waals surface area contributed by atoms with E-state index in [9.17, 15) is 9.59 Å². The Morgan fingerprint density at radius 1 is 1.25 bits per heavy atom. The Kier molecular flexibility index (Phi) is 6.08. The van der Waals surface area contributed by atoms with Crippen molar-refractivity contribution in [1.82, 2.24) is 5.43 Å². The van der Waals surface area contributed by atoms with Gasteiger partial charge in [-0.3, -0.25) is 4.79 Å². The first-order valence-corrected chi connectivity index (χ1v) is 7.79. The molecule has 0 aliphatic heterocycles. The van der Waals surface area contributed by atoms with Crippen molar-refractivity contribution < 1.29 is 19.4 Å². The fourth-order valence-corrected chi connectivity index (χ4v) is 2.40. The molecule has 0 saturated heterocycles. The van der Waals surface area contributed by atoms with Gasteiger partial charge in [0.2, 0.25) is 0 Å². The third-order valence-electron chi connectivity index (χ3n) is 3.01. The second kappa shape index (κ2) is 8.26. The summed E-state index contributed by atoms with van der Waals surface area (Å²) in [6, 6.07) is 11.7. The van der Waals surface area contributed by atoms with Crippen LogP contribution in [-0.2, 0) is 4.79 Å². The number of carboxylic acid groups (broad SMARTS) is 1. The molecule has 0 radical (unpaired) electrons. The van der Waals surface area contributed by atoms with Crippen molar-refractivity contribution in [1.29, 1.82) is 0 Å². The number of hydrogen-bond donors (Lipinski definition) is 2. The molecule has 2 aromatic carbocycles. The van der Waals surface area contributed by atoms with Gasteiger partial charge in [-0.1, -0.05) is 18.2 Å². The Labute approximate surface area is 147 Å². The third-order valence-corrected chi connectivity index (χ3v) is 3.63. The molecule has 0 aliphatic carbocycles. The number of benzene rings is 2. The maximum absolute atomic E-state index is 11.7. The van der Waals surface area contributed by atoms with Crippen LogP contribution < -0.4 is 10.2 Å². The molecular formula is C17H15BrN2O4. The van der Waals surface area contributed by atoms with E-state index in [1.54, 1.807) is 18.2 Å². The van der Waals surface area contributed by atoms with E-state index in [1.807, 2.05) is 19.1 Å². The van der Waals surface area contributed by atoms with Crippen LogP contribution in [0.2, 0.25) is 0 Å². The van der Waals surface area contributed by atoms with Crippen molar-refractivity contribution in [2.45, 2.75) is 6.92 Å². The Morgan fingerprint density at radius 2 is 1.96 bits per heavy atom. The number of nitrogens with one attached hydrogen (secondary N) is 1. The summed E-state index contributed by atoms with van der Waals surface area (Å²) in [5, 5.41) is 12.6. The Morgan fingerprint density at radius 3 is 2.58 bits per heavy atom. The molecule has 6 nitrogen and oxygen atoms in total. The Balaban J connectivity index is 1.83. The predicted molar refractivity (Wildman–Crippen MR) is 93.5 cm³/mol. The molecule has 0 unspecified atom stereocenters. The number of carbonyl (C=O) groups is 2.